The number of thiazole rings is 1. The molecule has 0 saturated carbocycles. The fourth-order valence-electron chi connectivity index (χ4n) is 1.73. The molecule has 0 aliphatic heterocycles. The number of hydrogen-bond acceptors (Lipinski definition) is 6. The van der Waals surface area contributed by atoms with Gasteiger partial charge in [-0.15, -0.1) is 22.7 Å². The third-order valence-electron chi connectivity index (χ3n) is 2.93. The van der Waals surface area contributed by atoms with Crippen LogP contribution >= 0.6 is 22.7 Å². The lowest BCUT2D eigenvalue weighted by Gasteiger charge is -2.09. The Morgan fingerprint density at radius 2 is 2.19 bits per heavy atom. The molecule has 0 fully saturated rings. The predicted octanol–water partition coefficient (Wildman–Crippen LogP) is 2.40. The van der Waals surface area contributed by atoms with Gasteiger partial charge in [-0.25, -0.2) is 18.1 Å². The van der Waals surface area contributed by atoms with E-state index in [1.54, 1.807) is 12.3 Å². The number of thiophene rings is 1. The first-order valence-corrected chi connectivity index (χ1v) is 9.94. The van der Waals surface area contributed by atoms with Gasteiger partial charge in [-0.3, -0.25) is 0 Å². The summed E-state index contributed by atoms with van der Waals surface area (Å²) in [5.41, 5.74) is 0.996. The summed E-state index contributed by atoms with van der Waals surface area (Å²) < 4.78 is 27.5. The van der Waals surface area contributed by atoms with E-state index in [0.717, 1.165) is 17.1 Å². The molecule has 116 valence electrons. The Bertz CT molecular complexity index is 650. The molecule has 1 unspecified atom stereocenters. The molecule has 0 saturated heterocycles. The van der Waals surface area contributed by atoms with Gasteiger partial charge in [0.15, 0.2) is 0 Å². The van der Waals surface area contributed by atoms with Gasteiger partial charge in [-0.2, -0.15) is 0 Å². The molecule has 8 heteroatoms. The Morgan fingerprint density at radius 1 is 1.38 bits per heavy atom. The lowest BCUT2D eigenvalue weighted by Crippen LogP contribution is -2.27. The standard InChI is InChI=1S/C13H19N3O2S3/c1-3-14-8-11-6-12(20-9-11)21(17,18)16-7-10(2)13-15-4-5-19-13/h4-6,9-10,14,16H,3,7-8H2,1-2H3. The van der Waals surface area contributed by atoms with Crippen molar-refractivity contribution in [1.29, 1.82) is 0 Å². The van der Waals surface area contributed by atoms with Crippen molar-refractivity contribution >= 4 is 32.7 Å². The number of sulfonamides is 1. The fourth-order valence-corrected chi connectivity index (χ4v) is 4.81. The molecule has 2 aromatic rings. The average molecular weight is 346 g/mol. The summed E-state index contributed by atoms with van der Waals surface area (Å²) in [6, 6.07) is 1.73. The molecule has 2 heterocycles. The number of hydrogen-bond donors (Lipinski definition) is 2. The van der Waals surface area contributed by atoms with Crippen molar-refractivity contribution in [2.75, 3.05) is 13.1 Å². The van der Waals surface area contributed by atoms with E-state index in [4.69, 9.17) is 0 Å². The molecule has 2 rings (SSSR count). The quantitative estimate of drug-likeness (QED) is 0.771. The summed E-state index contributed by atoms with van der Waals surface area (Å²) in [6.07, 6.45) is 1.73. The molecule has 0 amide bonds. The van der Waals surface area contributed by atoms with Crippen LogP contribution in [0.2, 0.25) is 0 Å². The highest BCUT2D eigenvalue weighted by Crippen LogP contribution is 2.21. The van der Waals surface area contributed by atoms with Crippen molar-refractivity contribution in [3.05, 3.63) is 33.6 Å². The van der Waals surface area contributed by atoms with Gasteiger partial charge in [0, 0.05) is 30.6 Å². The number of nitrogens with zero attached hydrogens (tertiary/aromatic N) is 1. The van der Waals surface area contributed by atoms with Crippen molar-refractivity contribution in [3.63, 3.8) is 0 Å². The van der Waals surface area contributed by atoms with Crippen LogP contribution in [0, 0.1) is 0 Å². The van der Waals surface area contributed by atoms with Crippen molar-refractivity contribution < 1.29 is 8.42 Å². The third kappa shape index (κ3) is 4.58. The van der Waals surface area contributed by atoms with Crippen LogP contribution in [0.4, 0.5) is 0 Å². The number of nitrogens with one attached hydrogen (secondary N) is 2. The van der Waals surface area contributed by atoms with E-state index in [-0.39, 0.29) is 5.92 Å². The molecular weight excluding hydrogens is 326 g/mol. The first kappa shape index (κ1) is 16.6. The SMILES string of the molecule is CCNCc1csc(S(=O)(=O)NCC(C)c2nccs2)c1. The Kier molecular flexibility index (Phi) is 5.88. The molecule has 1 atom stereocenters. The first-order chi connectivity index (χ1) is 10.0. The molecule has 2 aromatic heterocycles. The lowest BCUT2D eigenvalue weighted by molar-refractivity contribution is 0.576. The van der Waals surface area contributed by atoms with E-state index >= 15 is 0 Å². The van der Waals surface area contributed by atoms with Crippen molar-refractivity contribution in [2.45, 2.75) is 30.5 Å². The molecule has 0 aliphatic rings. The highest BCUT2D eigenvalue weighted by molar-refractivity contribution is 7.91. The summed E-state index contributed by atoms with van der Waals surface area (Å²) >= 11 is 2.79. The van der Waals surface area contributed by atoms with Crippen molar-refractivity contribution in [3.8, 4) is 0 Å². The Balaban J connectivity index is 1.96. The fraction of sp³-hybridized carbons (Fsp3) is 0.462. The largest absolute Gasteiger partial charge is 0.313 e. The molecule has 2 N–H and O–H groups in total. The van der Waals surface area contributed by atoms with Gasteiger partial charge in [-0.1, -0.05) is 13.8 Å². The van der Waals surface area contributed by atoms with E-state index in [0.29, 0.717) is 17.3 Å². The van der Waals surface area contributed by atoms with Gasteiger partial charge in [0.2, 0.25) is 10.0 Å². The Hall–Kier alpha value is -0.800. The molecule has 5 nitrogen and oxygen atoms in total. The van der Waals surface area contributed by atoms with Gasteiger partial charge in [0.1, 0.15) is 4.21 Å². The van der Waals surface area contributed by atoms with Gasteiger partial charge in [-0.05, 0) is 23.6 Å². The third-order valence-corrected chi connectivity index (χ3v) is 6.85. The van der Waals surface area contributed by atoms with Crippen LogP contribution in [-0.2, 0) is 16.6 Å². The van der Waals surface area contributed by atoms with Gasteiger partial charge < -0.3 is 5.32 Å². The maximum Gasteiger partial charge on any atom is 0.250 e. The smallest absolute Gasteiger partial charge is 0.250 e. The highest BCUT2D eigenvalue weighted by atomic mass is 32.2. The van der Waals surface area contributed by atoms with Crippen LogP contribution in [0.25, 0.3) is 0 Å². The van der Waals surface area contributed by atoms with Crippen LogP contribution in [0.3, 0.4) is 0 Å². The van der Waals surface area contributed by atoms with Crippen LogP contribution in [0.15, 0.2) is 27.2 Å². The second-order valence-electron chi connectivity index (χ2n) is 4.68. The second-order valence-corrected chi connectivity index (χ2v) is 8.51. The zero-order valence-electron chi connectivity index (χ0n) is 12.0. The van der Waals surface area contributed by atoms with Crippen LogP contribution in [-0.4, -0.2) is 26.5 Å². The molecule has 0 aromatic carbocycles. The summed E-state index contributed by atoms with van der Waals surface area (Å²) in [5.74, 6) is 0.0703. The zero-order valence-corrected chi connectivity index (χ0v) is 14.4. The van der Waals surface area contributed by atoms with Crippen molar-refractivity contribution in [2.24, 2.45) is 0 Å². The Morgan fingerprint density at radius 3 is 2.86 bits per heavy atom. The average Bonchev–Trinajstić information content (AvgIpc) is 3.13. The van der Waals surface area contributed by atoms with Crippen molar-refractivity contribution in [1.82, 2.24) is 15.0 Å². The summed E-state index contributed by atoms with van der Waals surface area (Å²) in [7, 11) is -3.43. The van der Waals surface area contributed by atoms with E-state index in [1.165, 1.54) is 22.7 Å². The molecule has 21 heavy (non-hydrogen) atoms. The first-order valence-electron chi connectivity index (χ1n) is 6.70. The number of rotatable bonds is 8. The van der Waals surface area contributed by atoms with E-state index in [2.05, 4.69) is 15.0 Å². The minimum absolute atomic E-state index is 0.0703. The van der Waals surface area contributed by atoms with Crippen LogP contribution < -0.4 is 10.0 Å². The second kappa shape index (κ2) is 7.46. The zero-order chi connectivity index (χ0) is 15.3. The molecular formula is C13H19N3O2S3. The topological polar surface area (TPSA) is 71.1 Å². The molecule has 0 bridgehead atoms. The van der Waals surface area contributed by atoms with Crippen LogP contribution in [0.5, 0.6) is 0 Å². The highest BCUT2D eigenvalue weighted by Gasteiger charge is 2.18. The maximum atomic E-state index is 12.3. The summed E-state index contributed by atoms with van der Waals surface area (Å²) in [5, 5.41) is 7.90. The predicted molar refractivity (Wildman–Crippen MR) is 87.4 cm³/mol. The van der Waals surface area contributed by atoms with E-state index in [9.17, 15) is 8.42 Å². The maximum absolute atomic E-state index is 12.3. The molecule has 0 radical (unpaired) electrons. The van der Waals surface area contributed by atoms with E-state index in [1.807, 2.05) is 24.6 Å². The summed E-state index contributed by atoms with van der Waals surface area (Å²) in [4.78, 5) is 4.21. The molecule has 0 spiro atoms. The molecule has 0 aliphatic carbocycles. The number of aromatic nitrogens is 1. The summed E-state index contributed by atoms with van der Waals surface area (Å²) in [6.45, 7) is 5.90. The van der Waals surface area contributed by atoms with Gasteiger partial charge in [0.25, 0.3) is 0 Å². The van der Waals surface area contributed by atoms with E-state index < -0.39 is 10.0 Å². The van der Waals surface area contributed by atoms with Crippen LogP contribution in [0.1, 0.15) is 30.3 Å². The Labute approximate surface area is 133 Å². The minimum atomic E-state index is -3.43. The lowest BCUT2D eigenvalue weighted by atomic mass is 10.2. The normalized spacial score (nSPS) is 13.4. The minimum Gasteiger partial charge on any atom is -0.313 e. The van der Waals surface area contributed by atoms with Gasteiger partial charge in [0.05, 0.1) is 5.01 Å². The van der Waals surface area contributed by atoms with Gasteiger partial charge >= 0.3 is 0 Å². The monoisotopic (exact) mass is 345 g/mol.